The number of imidazole rings is 1. The Bertz CT molecular complexity index is 1000. The molecule has 0 atom stereocenters. The van der Waals surface area contributed by atoms with Gasteiger partial charge in [0.2, 0.25) is 0 Å². The number of halogens is 1. The van der Waals surface area contributed by atoms with Gasteiger partial charge >= 0.3 is 0 Å². The van der Waals surface area contributed by atoms with E-state index >= 15 is 0 Å². The summed E-state index contributed by atoms with van der Waals surface area (Å²) >= 11 is 0. The molecule has 3 aromatic rings. The molecule has 1 amide bonds. The van der Waals surface area contributed by atoms with Crippen LogP contribution in [-0.2, 0) is 5.41 Å². The van der Waals surface area contributed by atoms with Gasteiger partial charge in [0, 0.05) is 34.7 Å². The van der Waals surface area contributed by atoms with Gasteiger partial charge in [-0.3, -0.25) is 19.0 Å². The zero-order valence-corrected chi connectivity index (χ0v) is 14.4. The number of amides is 1. The van der Waals surface area contributed by atoms with Crippen LogP contribution >= 0.6 is 10.6 Å². The Kier molecular flexibility index (Phi) is 3.40. The van der Waals surface area contributed by atoms with Crippen LogP contribution in [0.3, 0.4) is 0 Å². The molecule has 0 saturated carbocycles. The topological polar surface area (TPSA) is 117 Å². The monoisotopic (exact) mass is 366 g/mol. The molecular weight excluding hydrogens is 347 g/mol. The van der Waals surface area contributed by atoms with Gasteiger partial charge in [-0.05, 0) is 18.9 Å². The van der Waals surface area contributed by atoms with Gasteiger partial charge < -0.3 is 5.73 Å². The first-order valence-electron chi connectivity index (χ1n) is 7.93. The number of hydrogen-bond acceptors (Lipinski definition) is 4. The van der Waals surface area contributed by atoms with E-state index in [1.54, 1.807) is 4.52 Å². The van der Waals surface area contributed by atoms with Crippen LogP contribution in [0.15, 0.2) is 18.3 Å². The van der Waals surface area contributed by atoms with Crippen molar-refractivity contribution in [2.24, 2.45) is 5.73 Å². The minimum absolute atomic E-state index is 0.0684. The largest absolute Gasteiger partial charge is 0.366 e. The Balaban J connectivity index is 1.91. The molecule has 0 spiro atoms. The number of carbonyl (C=O) groups is 1. The molecule has 1 aromatic carbocycles. The van der Waals surface area contributed by atoms with E-state index in [2.05, 4.69) is 17.0 Å². The summed E-state index contributed by atoms with van der Waals surface area (Å²) in [6.07, 6.45) is 3.04. The molecule has 2 aromatic heterocycles. The number of hydrogen-bond donors (Lipinski definition) is 4. The second-order valence-electron chi connectivity index (χ2n) is 6.91. The molecule has 9 heteroatoms. The van der Waals surface area contributed by atoms with Crippen molar-refractivity contribution in [2.75, 3.05) is 11.5 Å². The highest BCUT2D eigenvalue weighted by Crippen LogP contribution is 2.51. The summed E-state index contributed by atoms with van der Waals surface area (Å²) in [4.78, 5) is 16.2. The van der Waals surface area contributed by atoms with Gasteiger partial charge in [-0.2, -0.15) is 10.6 Å². The highest BCUT2D eigenvalue weighted by molar-refractivity contribution is 8.24. The van der Waals surface area contributed by atoms with Crippen LogP contribution in [0, 0.1) is 5.82 Å². The third kappa shape index (κ3) is 2.50. The molecule has 0 radical (unpaired) electrons. The second kappa shape index (κ2) is 5.20. The maximum absolute atomic E-state index is 13.8. The maximum Gasteiger partial charge on any atom is 0.251 e. The van der Waals surface area contributed by atoms with Gasteiger partial charge in [-0.15, -0.1) is 0 Å². The maximum atomic E-state index is 13.8. The first kappa shape index (κ1) is 16.4. The summed E-state index contributed by atoms with van der Waals surface area (Å²) in [5, 5.41) is 3.07. The van der Waals surface area contributed by atoms with Crippen LogP contribution < -0.4 is 5.73 Å². The van der Waals surface area contributed by atoms with Gasteiger partial charge in [0.25, 0.3) is 5.91 Å². The zero-order chi connectivity index (χ0) is 18.0. The lowest BCUT2D eigenvalue weighted by Crippen LogP contribution is -2.32. The highest BCUT2D eigenvalue weighted by atomic mass is 32.3. The normalized spacial score (nSPS) is 20.8. The van der Waals surface area contributed by atoms with E-state index in [1.807, 2.05) is 6.20 Å². The number of rotatable bonds is 2. The summed E-state index contributed by atoms with van der Waals surface area (Å²) in [6.45, 7) is 2.06. The minimum atomic E-state index is -2.49. The van der Waals surface area contributed by atoms with Gasteiger partial charge in [0.15, 0.2) is 5.65 Å². The van der Waals surface area contributed by atoms with Gasteiger partial charge in [0.05, 0.1) is 11.1 Å². The number of primary amides is 1. The van der Waals surface area contributed by atoms with E-state index in [-0.39, 0.29) is 11.0 Å². The zero-order valence-electron chi connectivity index (χ0n) is 13.6. The number of carbonyl (C=O) groups excluding carboxylic acids is 1. The standard InChI is InChI=1S/C16H19FN4O3S/c1-16(2-4-25(23,24)5-3-16)11-8-19-21-13-10(14(18)22)6-9(17)7-12(13)20-15(11)21/h6-8,19,23-24H,2-5H2,1H3,(H2,18,22). The van der Waals surface area contributed by atoms with Crippen LogP contribution in [0.25, 0.3) is 16.7 Å². The van der Waals surface area contributed by atoms with E-state index in [0.717, 1.165) is 11.6 Å². The Morgan fingerprint density at radius 3 is 2.72 bits per heavy atom. The predicted octanol–water partition coefficient (Wildman–Crippen LogP) is 2.86. The van der Waals surface area contributed by atoms with Crippen molar-refractivity contribution < 1.29 is 18.3 Å². The number of benzene rings is 1. The molecule has 5 N–H and O–H groups in total. The smallest absolute Gasteiger partial charge is 0.251 e. The fourth-order valence-electron chi connectivity index (χ4n) is 3.58. The van der Waals surface area contributed by atoms with E-state index in [1.165, 1.54) is 6.07 Å². The van der Waals surface area contributed by atoms with Crippen molar-refractivity contribution in [3.63, 3.8) is 0 Å². The average Bonchev–Trinajstić information content (AvgIpc) is 3.08. The van der Waals surface area contributed by atoms with E-state index in [0.29, 0.717) is 41.0 Å². The molecule has 1 aliphatic rings. The molecule has 134 valence electrons. The fourth-order valence-corrected chi connectivity index (χ4v) is 5.34. The summed E-state index contributed by atoms with van der Waals surface area (Å²) in [5.41, 5.74) is 7.49. The van der Waals surface area contributed by atoms with E-state index in [9.17, 15) is 18.3 Å². The molecule has 0 aliphatic carbocycles. The van der Waals surface area contributed by atoms with Crippen molar-refractivity contribution in [2.45, 2.75) is 25.2 Å². The fraction of sp³-hybridized carbons (Fsp3) is 0.375. The Hall–Kier alpha value is -2.10. The van der Waals surface area contributed by atoms with E-state index in [4.69, 9.17) is 5.73 Å². The van der Waals surface area contributed by atoms with Crippen LogP contribution in [0.5, 0.6) is 0 Å². The molecule has 0 unspecified atom stereocenters. The van der Waals surface area contributed by atoms with Crippen molar-refractivity contribution in [3.8, 4) is 0 Å². The highest BCUT2D eigenvalue weighted by Gasteiger charge is 2.37. The molecular formula is C16H19FN4O3S. The van der Waals surface area contributed by atoms with E-state index < -0.39 is 22.3 Å². The van der Waals surface area contributed by atoms with Crippen LogP contribution in [0.4, 0.5) is 4.39 Å². The van der Waals surface area contributed by atoms with Crippen LogP contribution in [-0.4, -0.2) is 41.1 Å². The van der Waals surface area contributed by atoms with Crippen molar-refractivity contribution in [1.29, 1.82) is 0 Å². The van der Waals surface area contributed by atoms with Crippen molar-refractivity contribution in [1.82, 2.24) is 14.6 Å². The Labute approximate surface area is 144 Å². The second-order valence-corrected chi connectivity index (χ2v) is 9.34. The number of nitrogens with one attached hydrogen (secondary N) is 1. The lowest BCUT2D eigenvalue weighted by Gasteiger charge is -2.44. The lowest BCUT2D eigenvalue weighted by molar-refractivity contribution is 0.100. The SMILES string of the molecule is CC1(c2c[nH]n3c2nc2cc(F)cc(C(N)=O)c23)CCS(O)(O)CC1. The molecule has 4 rings (SSSR count). The van der Waals surface area contributed by atoms with Gasteiger partial charge in [-0.1, -0.05) is 6.92 Å². The van der Waals surface area contributed by atoms with Crippen LogP contribution in [0.1, 0.15) is 35.7 Å². The molecule has 7 nitrogen and oxygen atoms in total. The Morgan fingerprint density at radius 1 is 1.40 bits per heavy atom. The number of nitrogens with two attached hydrogens (primary N) is 1. The number of fused-ring (bicyclic) bond motifs is 3. The van der Waals surface area contributed by atoms with Gasteiger partial charge in [0.1, 0.15) is 11.3 Å². The molecule has 0 bridgehead atoms. The van der Waals surface area contributed by atoms with Crippen molar-refractivity contribution in [3.05, 3.63) is 35.3 Å². The molecule has 25 heavy (non-hydrogen) atoms. The summed E-state index contributed by atoms with van der Waals surface area (Å²) in [5.74, 6) is -0.591. The molecule has 3 heterocycles. The molecule has 1 saturated heterocycles. The minimum Gasteiger partial charge on any atom is -0.366 e. The Morgan fingerprint density at radius 2 is 2.08 bits per heavy atom. The van der Waals surface area contributed by atoms with Crippen LogP contribution in [0.2, 0.25) is 0 Å². The quantitative estimate of drug-likeness (QED) is 0.558. The van der Waals surface area contributed by atoms with Crippen molar-refractivity contribution >= 4 is 33.2 Å². The summed E-state index contributed by atoms with van der Waals surface area (Å²) in [7, 11) is -2.49. The third-order valence-electron chi connectivity index (χ3n) is 5.17. The number of aromatic nitrogens is 3. The van der Waals surface area contributed by atoms with Gasteiger partial charge in [-0.25, -0.2) is 13.9 Å². The first-order chi connectivity index (χ1) is 11.7. The third-order valence-corrected chi connectivity index (χ3v) is 6.89. The first-order valence-corrected chi connectivity index (χ1v) is 9.82. The molecule has 1 aliphatic heterocycles. The summed E-state index contributed by atoms with van der Waals surface area (Å²) in [6, 6.07) is 2.38. The number of nitrogens with zero attached hydrogens (tertiary/aromatic N) is 2. The summed E-state index contributed by atoms with van der Waals surface area (Å²) < 4.78 is 35.2. The predicted molar refractivity (Wildman–Crippen MR) is 94.7 cm³/mol. The number of aromatic amines is 1. The average molecular weight is 366 g/mol. The number of H-pyrrole nitrogens is 1. The lowest BCUT2D eigenvalue weighted by atomic mass is 9.79. The molecule has 1 fully saturated rings.